The van der Waals surface area contributed by atoms with Crippen molar-refractivity contribution < 1.29 is 9.90 Å². The van der Waals surface area contributed by atoms with E-state index in [-0.39, 0.29) is 0 Å². The molecule has 1 heterocycles. The molecule has 3 rings (SSSR count). The largest absolute Gasteiger partial charge is 0.372 e. The Bertz CT molecular complexity index is 730. The van der Waals surface area contributed by atoms with Crippen LogP contribution >= 0.6 is 11.3 Å². The zero-order valence-corrected chi connectivity index (χ0v) is 14.0. The first-order chi connectivity index (χ1) is 11.7. The van der Waals surface area contributed by atoms with Crippen LogP contribution in [-0.4, -0.2) is 17.6 Å². The van der Waals surface area contributed by atoms with Gasteiger partial charge in [0, 0.05) is 11.4 Å². The zero-order chi connectivity index (χ0) is 16.8. The maximum Gasteiger partial charge on any atom is 0.261 e. The standard InChI is InChI=1S/C20H19NO2S/c22-19(21-14-13-18-12-7-15-24-18)20(23,16-8-3-1-4-9-16)17-10-5-2-6-11-17/h1-12,15,23H,13-14H2,(H,21,22). The highest BCUT2D eigenvalue weighted by Crippen LogP contribution is 2.29. The first-order valence-corrected chi connectivity index (χ1v) is 8.73. The number of thiophene rings is 1. The van der Waals surface area contributed by atoms with Crippen LogP contribution in [0, 0.1) is 0 Å². The molecule has 0 bridgehead atoms. The minimum absolute atomic E-state index is 0.406. The van der Waals surface area contributed by atoms with Crippen molar-refractivity contribution in [2.24, 2.45) is 0 Å². The molecule has 0 unspecified atom stereocenters. The second-order valence-electron chi connectivity index (χ2n) is 5.53. The Hall–Kier alpha value is -2.43. The molecule has 2 N–H and O–H groups in total. The number of amides is 1. The summed E-state index contributed by atoms with van der Waals surface area (Å²) < 4.78 is 0. The van der Waals surface area contributed by atoms with Crippen molar-refractivity contribution in [2.75, 3.05) is 6.54 Å². The van der Waals surface area contributed by atoms with E-state index in [0.29, 0.717) is 17.7 Å². The average Bonchev–Trinajstić information content (AvgIpc) is 3.16. The lowest BCUT2D eigenvalue weighted by molar-refractivity contribution is -0.136. The Kier molecular flexibility index (Phi) is 5.08. The molecular weight excluding hydrogens is 318 g/mol. The lowest BCUT2D eigenvalue weighted by atomic mass is 9.85. The quantitative estimate of drug-likeness (QED) is 0.725. The predicted octanol–water partition coefficient (Wildman–Crippen LogP) is 3.34. The summed E-state index contributed by atoms with van der Waals surface area (Å²) in [6, 6.07) is 22.1. The normalized spacial score (nSPS) is 11.2. The molecule has 0 aliphatic rings. The van der Waals surface area contributed by atoms with E-state index in [9.17, 15) is 9.90 Å². The molecule has 3 nitrogen and oxygen atoms in total. The summed E-state index contributed by atoms with van der Waals surface area (Å²) in [7, 11) is 0. The Morgan fingerprint density at radius 2 is 1.50 bits per heavy atom. The van der Waals surface area contributed by atoms with Gasteiger partial charge in [-0.3, -0.25) is 4.79 Å². The summed E-state index contributed by atoms with van der Waals surface area (Å²) in [6.45, 7) is 0.487. The van der Waals surface area contributed by atoms with Crippen molar-refractivity contribution in [2.45, 2.75) is 12.0 Å². The summed E-state index contributed by atoms with van der Waals surface area (Å²) in [6.07, 6.45) is 0.753. The molecule has 0 spiro atoms. The number of aliphatic hydroxyl groups is 1. The van der Waals surface area contributed by atoms with Crippen molar-refractivity contribution in [1.82, 2.24) is 5.32 Å². The lowest BCUT2D eigenvalue weighted by Crippen LogP contribution is -2.45. The van der Waals surface area contributed by atoms with Crippen LogP contribution in [0.15, 0.2) is 78.2 Å². The third-order valence-electron chi connectivity index (χ3n) is 3.95. The highest BCUT2D eigenvalue weighted by Gasteiger charge is 2.39. The molecule has 4 heteroatoms. The molecule has 0 aliphatic heterocycles. The molecule has 24 heavy (non-hydrogen) atoms. The van der Waals surface area contributed by atoms with Gasteiger partial charge in [0.25, 0.3) is 5.91 Å². The first kappa shape index (κ1) is 16.4. The number of carbonyl (C=O) groups excluding carboxylic acids is 1. The van der Waals surface area contributed by atoms with E-state index in [0.717, 1.165) is 6.42 Å². The van der Waals surface area contributed by atoms with E-state index in [1.807, 2.05) is 53.9 Å². The van der Waals surface area contributed by atoms with Crippen LogP contribution in [0.25, 0.3) is 0 Å². The van der Waals surface area contributed by atoms with Crippen LogP contribution in [0.2, 0.25) is 0 Å². The zero-order valence-electron chi connectivity index (χ0n) is 13.2. The minimum Gasteiger partial charge on any atom is -0.372 e. The Morgan fingerprint density at radius 3 is 2.00 bits per heavy atom. The molecule has 0 atom stereocenters. The fourth-order valence-electron chi connectivity index (χ4n) is 2.67. The van der Waals surface area contributed by atoms with Crippen LogP contribution in [-0.2, 0) is 16.8 Å². The third kappa shape index (κ3) is 3.40. The van der Waals surface area contributed by atoms with Crippen molar-refractivity contribution in [3.05, 3.63) is 94.2 Å². The van der Waals surface area contributed by atoms with Crippen LogP contribution in [0.1, 0.15) is 16.0 Å². The summed E-state index contributed by atoms with van der Waals surface area (Å²) in [5.41, 5.74) is -0.576. The smallest absolute Gasteiger partial charge is 0.261 e. The van der Waals surface area contributed by atoms with E-state index < -0.39 is 11.5 Å². The average molecular weight is 337 g/mol. The topological polar surface area (TPSA) is 49.3 Å². The molecule has 0 radical (unpaired) electrons. The van der Waals surface area contributed by atoms with Gasteiger partial charge in [0.15, 0.2) is 5.60 Å². The molecule has 0 saturated heterocycles. The number of hydrogen-bond donors (Lipinski definition) is 2. The van der Waals surface area contributed by atoms with E-state index in [2.05, 4.69) is 5.32 Å². The number of hydrogen-bond acceptors (Lipinski definition) is 3. The van der Waals surface area contributed by atoms with Gasteiger partial charge in [-0.05, 0) is 29.0 Å². The van der Waals surface area contributed by atoms with E-state index >= 15 is 0 Å². The highest BCUT2D eigenvalue weighted by atomic mass is 32.1. The second kappa shape index (κ2) is 7.43. The van der Waals surface area contributed by atoms with E-state index in [1.54, 1.807) is 35.6 Å². The summed E-state index contributed by atoms with van der Waals surface area (Å²) in [5, 5.41) is 16.2. The van der Waals surface area contributed by atoms with Crippen molar-refractivity contribution in [3.63, 3.8) is 0 Å². The van der Waals surface area contributed by atoms with Crippen molar-refractivity contribution >= 4 is 17.2 Å². The molecule has 1 aromatic heterocycles. The maximum atomic E-state index is 12.8. The molecule has 3 aromatic rings. The van der Waals surface area contributed by atoms with Crippen LogP contribution in [0.3, 0.4) is 0 Å². The number of rotatable bonds is 6. The van der Waals surface area contributed by atoms with Gasteiger partial charge in [-0.25, -0.2) is 0 Å². The van der Waals surface area contributed by atoms with E-state index in [1.165, 1.54) is 4.88 Å². The van der Waals surface area contributed by atoms with Gasteiger partial charge in [-0.15, -0.1) is 11.3 Å². The van der Waals surface area contributed by atoms with Crippen molar-refractivity contribution in [1.29, 1.82) is 0 Å². The highest BCUT2D eigenvalue weighted by molar-refractivity contribution is 7.09. The first-order valence-electron chi connectivity index (χ1n) is 7.85. The van der Waals surface area contributed by atoms with Gasteiger partial charge in [-0.2, -0.15) is 0 Å². The third-order valence-corrected chi connectivity index (χ3v) is 4.88. The monoisotopic (exact) mass is 337 g/mol. The molecule has 0 fully saturated rings. The van der Waals surface area contributed by atoms with Gasteiger partial charge >= 0.3 is 0 Å². The number of carbonyl (C=O) groups is 1. The molecule has 122 valence electrons. The van der Waals surface area contributed by atoms with Gasteiger partial charge in [-0.1, -0.05) is 66.7 Å². The summed E-state index contributed by atoms with van der Waals surface area (Å²) >= 11 is 1.66. The van der Waals surface area contributed by atoms with Crippen LogP contribution in [0.4, 0.5) is 0 Å². The van der Waals surface area contributed by atoms with Crippen molar-refractivity contribution in [3.8, 4) is 0 Å². The number of nitrogens with one attached hydrogen (secondary N) is 1. The van der Waals surface area contributed by atoms with Gasteiger partial charge in [0.2, 0.25) is 0 Å². The molecule has 0 saturated carbocycles. The van der Waals surface area contributed by atoms with Crippen LogP contribution < -0.4 is 5.32 Å². The van der Waals surface area contributed by atoms with Crippen LogP contribution in [0.5, 0.6) is 0 Å². The van der Waals surface area contributed by atoms with Gasteiger partial charge in [0.05, 0.1) is 0 Å². The van der Waals surface area contributed by atoms with Gasteiger partial charge in [0.1, 0.15) is 0 Å². The van der Waals surface area contributed by atoms with E-state index in [4.69, 9.17) is 0 Å². The predicted molar refractivity (Wildman–Crippen MR) is 96.9 cm³/mol. The summed E-state index contributed by atoms with van der Waals surface area (Å²) in [4.78, 5) is 14.0. The maximum absolute atomic E-state index is 12.8. The second-order valence-corrected chi connectivity index (χ2v) is 6.56. The Labute approximate surface area is 145 Å². The fourth-order valence-corrected chi connectivity index (χ4v) is 3.38. The minimum atomic E-state index is -1.70. The molecule has 0 aliphatic carbocycles. The Balaban J connectivity index is 1.83. The van der Waals surface area contributed by atoms with Gasteiger partial charge < -0.3 is 10.4 Å². The fraction of sp³-hybridized carbons (Fsp3) is 0.150. The lowest BCUT2D eigenvalue weighted by Gasteiger charge is -2.28. The molecule has 2 aromatic carbocycles. The SMILES string of the molecule is O=C(NCCc1cccs1)C(O)(c1ccccc1)c1ccccc1. The molecule has 1 amide bonds. The molecular formula is C20H19NO2S. The Morgan fingerprint density at radius 1 is 0.917 bits per heavy atom. The number of benzene rings is 2. The summed E-state index contributed by atoms with van der Waals surface area (Å²) in [5.74, 6) is -0.406.